The Morgan fingerprint density at radius 1 is 1.14 bits per heavy atom. The van der Waals surface area contributed by atoms with Crippen LogP contribution in [0.2, 0.25) is 5.02 Å². The summed E-state index contributed by atoms with van der Waals surface area (Å²) in [5.41, 5.74) is 2.18. The van der Waals surface area contributed by atoms with Crippen LogP contribution in [-0.4, -0.2) is 48.2 Å². The first kappa shape index (κ1) is 26.4. The summed E-state index contributed by atoms with van der Waals surface area (Å²) in [6.45, 7) is 7.35. The van der Waals surface area contributed by atoms with Crippen LogP contribution in [0.25, 0.3) is 0 Å². The van der Waals surface area contributed by atoms with Crippen molar-refractivity contribution >= 4 is 29.3 Å². The molecule has 10 heteroatoms. The van der Waals surface area contributed by atoms with Gasteiger partial charge in [-0.2, -0.15) is 0 Å². The van der Waals surface area contributed by atoms with Crippen molar-refractivity contribution < 1.29 is 19.0 Å². The number of fused-ring (bicyclic) bond motifs is 1. The second-order valence-electron chi connectivity index (χ2n) is 10.4. The topological polar surface area (TPSA) is 102 Å². The molecule has 37 heavy (non-hydrogen) atoms. The third-order valence-corrected chi connectivity index (χ3v) is 8.83. The smallest absolute Gasteiger partial charge is 0.254 e. The van der Waals surface area contributed by atoms with Crippen LogP contribution in [0.5, 0.6) is 11.5 Å². The van der Waals surface area contributed by atoms with Crippen molar-refractivity contribution in [2.24, 2.45) is 5.92 Å². The van der Waals surface area contributed by atoms with Crippen LogP contribution in [0.15, 0.2) is 21.8 Å². The maximum atomic E-state index is 13.2. The lowest BCUT2D eigenvalue weighted by molar-refractivity contribution is -0.122. The molecule has 3 heterocycles. The van der Waals surface area contributed by atoms with Crippen LogP contribution in [-0.2, 0) is 11.3 Å². The highest BCUT2D eigenvalue weighted by molar-refractivity contribution is 7.98. The lowest BCUT2D eigenvalue weighted by atomic mass is 9.81. The first-order valence-corrected chi connectivity index (χ1v) is 14.4. The molecule has 1 saturated heterocycles. The molecule has 2 aromatic rings. The molecule has 1 aliphatic carbocycles. The second kappa shape index (κ2) is 10.5. The summed E-state index contributed by atoms with van der Waals surface area (Å²) in [5.74, 6) is 0.0630. The van der Waals surface area contributed by atoms with Gasteiger partial charge >= 0.3 is 0 Å². The molecule has 0 radical (unpaired) electrons. The van der Waals surface area contributed by atoms with E-state index in [1.165, 1.54) is 11.8 Å². The number of H-pyrrole nitrogens is 1. The number of amides is 1. The first-order chi connectivity index (χ1) is 17.7. The number of benzene rings is 1. The summed E-state index contributed by atoms with van der Waals surface area (Å²) < 4.78 is 18.0. The van der Waals surface area contributed by atoms with Crippen molar-refractivity contribution in [2.45, 2.75) is 75.8 Å². The number of hydrogen-bond acceptors (Lipinski definition) is 7. The average Bonchev–Trinajstić information content (AvgIpc) is 3.22. The summed E-state index contributed by atoms with van der Waals surface area (Å²) in [5, 5.41) is 6.90. The number of pyridine rings is 1. The molecule has 3 N–H and O–H groups in total. The fourth-order valence-electron chi connectivity index (χ4n) is 5.50. The monoisotopic (exact) mass is 547 g/mol. The predicted molar refractivity (Wildman–Crippen MR) is 144 cm³/mol. The number of rotatable bonds is 7. The van der Waals surface area contributed by atoms with Crippen LogP contribution in [0.4, 0.5) is 0 Å². The number of ether oxygens (including phenoxy) is 3. The lowest BCUT2D eigenvalue weighted by Gasteiger charge is -2.39. The largest absolute Gasteiger partial charge is 0.448 e. The molecule has 5 rings (SSSR count). The zero-order valence-corrected chi connectivity index (χ0v) is 23.2. The Morgan fingerprint density at radius 3 is 2.49 bits per heavy atom. The molecule has 8 nitrogen and oxygen atoms in total. The molecule has 1 aromatic carbocycles. The maximum absolute atomic E-state index is 13.2. The molecule has 0 spiro atoms. The van der Waals surface area contributed by atoms with Crippen molar-refractivity contribution in [2.75, 3.05) is 19.5 Å². The van der Waals surface area contributed by atoms with Crippen molar-refractivity contribution in [3.05, 3.63) is 49.9 Å². The number of nitrogens with one attached hydrogen (secondary N) is 3. The van der Waals surface area contributed by atoms with Crippen molar-refractivity contribution in [1.29, 1.82) is 0 Å². The Kier molecular flexibility index (Phi) is 7.51. The van der Waals surface area contributed by atoms with E-state index in [0.717, 1.165) is 49.5 Å². The van der Waals surface area contributed by atoms with Gasteiger partial charge < -0.3 is 29.8 Å². The first-order valence-electron chi connectivity index (χ1n) is 12.8. The van der Waals surface area contributed by atoms with Gasteiger partial charge in [0.1, 0.15) is 0 Å². The van der Waals surface area contributed by atoms with Crippen LogP contribution in [0, 0.1) is 19.8 Å². The molecule has 2 aliphatic heterocycles. The highest BCUT2D eigenvalue weighted by atomic mass is 35.5. The van der Waals surface area contributed by atoms with Gasteiger partial charge in [0.05, 0.1) is 24.3 Å². The van der Waals surface area contributed by atoms with Gasteiger partial charge in [-0.1, -0.05) is 11.6 Å². The van der Waals surface area contributed by atoms with E-state index in [-0.39, 0.29) is 23.9 Å². The predicted octanol–water partition coefficient (Wildman–Crippen LogP) is 4.33. The standard InChI is InChI=1S/C27H34ClN3O5S/c1-14-9-22(37-4)20(26(33)30-14)11-29-25(32)19-10-21(28)24-23(15(19)2)35-27(3,36-24)16-5-7-17(8-6-16)31-18-12-34-13-18/h9-10,16-18,31H,5-8,11-13H2,1-4H3,(H,29,32)(H,30,33)/t16-,17+,27?. The Balaban J connectivity index is 1.28. The third-order valence-electron chi connectivity index (χ3n) is 7.75. The summed E-state index contributed by atoms with van der Waals surface area (Å²) in [7, 11) is 0. The summed E-state index contributed by atoms with van der Waals surface area (Å²) >= 11 is 8.08. The minimum absolute atomic E-state index is 0.109. The van der Waals surface area contributed by atoms with E-state index in [9.17, 15) is 9.59 Å². The van der Waals surface area contributed by atoms with Crippen molar-refractivity contribution in [3.63, 3.8) is 0 Å². The number of thioether (sulfide) groups is 1. The van der Waals surface area contributed by atoms with Crippen molar-refractivity contribution in [3.8, 4) is 11.5 Å². The van der Waals surface area contributed by atoms with Gasteiger partial charge in [-0.25, -0.2) is 0 Å². The molecule has 0 bridgehead atoms. The van der Waals surface area contributed by atoms with Crippen LogP contribution < -0.4 is 25.7 Å². The number of halogens is 1. The van der Waals surface area contributed by atoms with E-state index < -0.39 is 5.79 Å². The Labute approximate surface area is 226 Å². The number of aromatic nitrogens is 1. The van der Waals surface area contributed by atoms with Gasteiger partial charge in [0, 0.05) is 52.7 Å². The Hall–Kier alpha value is -2.20. The summed E-state index contributed by atoms with van der Waals surface area (Å²) in [4.78, 5) is 29.3. The van der Waals surface area contributed by atoms with Crippen LogP contribution >= 0.6 is 23.4 Å². The third kappa shape index (κ3) is 5.24. The Bertz CT molecular complexity index is 1260. The Morgan fingerprint density at radius 2 is 1.84 bits per heavy atom. The molecular weight excluding hydrogens is 514 g/mol. The van der Waals surface area contributed by atoms with Gasteiger partial charge in [0.25, 0.3) is 17.3 Å². The summed E-state index contributed by atoms with van der Waals surface area (Å²) in [6, 6.07) is 4.49. The number of aryl methyl sites for hydroxylation is 1. The van der Waals surface area contributed by atoms with E-state index in [2.05, 4.69) is 15.6 Å². The van der Waals surface area contributed by atoms with E-state index in [1.54, 1.807) is 6.07 Å². The molecule has 1 atom stereocenters. The quantitative estimate of drug-likeness (QED) is 0.443. The van der Waals surface area contributed by atoms with E-state index in [1.807, 2.05) is 33.1 Å². The van der Waals surface area contributed by atoms with Gasteiger partial charge in [-0.15, -0.1) is 11.8 Å². The van der Waals surface area contributed by atoms with Gasteiger partial charge in [0.2, 0.25) is 0 Å². The van der Waals surface area contributed by atoms with Gasteiger partial charge in [-0.05, 0) is 57.9 Å². The number of carbonyl (C=O) groups excluding carboxylic acids is 1. The van der Waals surface area contributed by atoms with Gasteiger partial charge in [0.15, 0.2) is 11.5 Å². The van der Waals surface area contributed by atoms with Crippen LogP contribution in [0.3, 0.4) is 0 Å². The highest BCUT2D eigenvalue weighted by Gasteiger charge is 2.47. The van der Waals surface area contributed by atoms with E-state index in [0.29, 0.717) is 45.3 Å². The molecular formula is C27H34ClN3O5S. The summed E-state index contributed by atoms with van der Waals surface area (Å²) in [6.07, 6.45) is 5.96. The molecule has 1 amide bonds. The zero-order valence-electron chi connectivity index (χ0n) is 21.7. The molecule has 1 saturated carbocycles. The molecule has 200 valence electrons. The number of carbonyl (C=O) groups is 1. The minimum Gasteiger partial charge on any atom is -0.448 e. The molecule has 1 aromatic heterocycles. The fourth-order valence-corrected chi connectivity index (χ4v) is 6.44. The average molecular weight is 548 g/mol. The van der Waals surface area contributed by atoms with E-state index >= 15 is 0 Å². The lowest BCUT2D eigenvalue weighted by Crippen LogP contribution is -2.53. The minimum atomic E-state index is -0.834. The fraction of sp³-hybridized carbons (Fsp3) is 0.556. The van der Waals surface area contributed by atoms with Crippen molar-refractivity contribution in [1.82, 2.24) is 15.6 Å². The highest BCUT2D eigenvalue weighted by Crippen LogP contribution is 2.51. The molecule has 1 unspecified atom stereocenters. The van der Waals surface area contributed by atoms with Crippen LogP contribution in [0.1, 0.15) is 59.8 Å². The second-order valence-corrected chi connectivity index (χ2v) is 11.6. The maximum Gasteiger partial charge on any atom is 0.254 e. The van der Waals surface area contributed by atoms with E-state index in [4.69, 9.17) is 25.8 Å². The number of hydrogen-bond donors (Lipinski definition) is 3. The molecule has 3 aliphatic rings. The molecule has 2 fully saturated rings. The van der Waals surface area contributed by atoms with Gasteiger partial charge in [-0.3, -0.25) is 9.59 Å². The normalized spacial score (nSPS) is 25.1. The zero-order chi connectivity index (χ0) is 26.3. The number of aromatic amines is 1. The SMILES string of the molecule is CSc1cc(C)[nH]c(=O)c1CNC(=O)c1cc(Cl)c2c(c1C)OC(C)([C@H]1CC[C@@H](NC3COC3)CC1)O2.